The molecule has 1 aliphatic heterocycles. The summed E-state index contributed by atoms with van der Waals surface area (Å²) in [5, 5.41) is 0.555. The minimum atomic E-state index is -0.422. The van der Waals surface area contributed by atoms with Crippen molar-refractivity contribution in [1.29, 1.82) is 0 Å². The third-order valence-corrected chi connectivity index (χ3v) is 7.05. The summed E-state index contributed by atoms with van der Waals surface area (Å²) in [7, 11) is 3.28. The molecule has 34 heavy (non-hydrogen) atoms. The molecular formula is C28H31N3O3. The van der Waals surface area contributed by atoms with E-state index in [0.717, 1.165) is 34.5 Å². The Hall–Kier alpha value is -3.38. The Morgan fingerprint density at radius 1 is 1.03 bits per heavy atom. The molecule has 4 aromatic rings. The van der Waals surface area contributed by atoms with Gasteiger partial charge in [0.2, 0.25) is 0 Å². The average molecular weight is 458 g/mol. The lowest BCUT2D eigenvalue weighted by Gasteiger charge is -2.39. The molecule has 176 valence electrons. The van der Waals surface area contributed by atoms with Gasteiger partial charge in [0.1, 0.15) is 6.10 Å². The summed E-state index contributed by atoms with van der Waals surface area (Å²) in [5.41, 5.74) is 5.62. The van der Waals surface area contributed by atoms with E-state index in [9.17, 15) is 9.59 Å². The van der Waals surface area contributed by atoms with Crippen molar-refractivity contribution in [3.05, 3.63) is 91.8 Å². The van der Waals surface area contributed by atoms with E-state index < -0.39 is 11.6 Å². The van der Waals surface area contributed by atoms with Crippen LogP contribution in [0.2, 0.25) is 0 Å². The number of nitrogens with zero attached hydrogens (tertiary/aromatic N) is 3. The molecule has 1 unspecified atom stereocenters. The largest absolute Gasteiger partial charge is 0.365 e. The van der Waals surface area contributed by atoms with Gasteiger partial charge in [0, 0.05) is 14.1 Å². The van der Waals surface area contributed by atoms with E-state index in [-0.39, 0.29) is 11.2 Å². The average Bonchev–Trinajstić information content (AvgIpc) is 3.19. The summed E-state index contributed by atoms with van der Waals surface area (Å²) in [5.74, 6) is 0. The molecule has 5 rings (SSSR count). The monoisotopic (exact) mass is 457 g/mol. The SMILES string of the molecule is CCc1ccc(C2OCC(C)(C)n3c(-c4cccc(C)c4)c4c(=O)n(C)c(=O)n(C)c4c32)cc1. The molecule has 0 N–H and O–H groups in total. The molecule has 0 spiro atoms. The maximum atomic E-state index is 13.6. The van der Waals surface area contributed by atoms with Crippen molar-refractivity contribution >= 4 is 10.9 Å². The summed E-state index contributed by atoms with van der Waals surface area (Å²) < 4.78 is 11.5. The fourth-order valence-corrected chi connectivity index (χ4v) is 5.24. The van der Waals surface area contributed by atoms with Crippen molar-refractivity contribution in [3.8, 4) is 11.3 Å². The number of fused-ring (bicyclic) bond motifs is 3. The van der Waals surface area contributed by atoms with Gasteiger partial charge in [-0.2, -0.15) is 0 Å². The summed E-state index contributed by atoms with van der Waals surface area (Å²) in [6.07, 6.45) is 0.568. The molecule has 0 saturated heterocycles. The molecule has 6 nitrogen and oxygen atoms in total. The summed E-state index contributed by atoms with van der Waals surface area (Å²) in [6, 6.07) is 16.6. The van der Waals surface area contributed by atoms with Crippen LogP contribution in [0.15, 0.2) is 58.1 Å². The topological polar surface area (TPSA) is 58.2 Å². The fraction of sp³-hybridized carbons (Fsp3) is 0.357. The van der Waals surface area contributed by atoms with Gasteiger partial charge in [-0.05, 0) is 49.9 Å². The van der Waals surface area contributed by atoms with E-state index in [0.29, 0.717) is 17.5 Å². The first kappa shape index (κ1) is 22.4. The van der Waals surface area contributed by atoms with Crippen LogP contribution in [0.3, 0.4) is 0 Å². The zero-order valence-electron chi connectivity index (χ0n) is 20.7. The van der Waals surface area contributed by atoms with Crippen LogP contribution in [0.4, 0.5) is 0 Å². The third-order valence-electron chi connectivity index (χ3n) is 7.05. The van der Waals surface area contributed by atoms with Crippen LogP contribution in [0.25, 0.3) is 22.2 Å². The van der Waals surface area contributed by atoms with Gasteiger partial charge in [-0.3, -0.25) is 13.9 Å². The molecule has 1 aliphatic rings. The Balaban J connectivity index is 1.97. The highest BCUT2D eigenvalue weighted by Gasteiger charge is 2.40. The van der Waals surface area contributed by atoms with Gasteiger partial charge in [-0.1, -0.05) is 55.0 Å². The van der Waals surface area contributed by atoms with E-state index >= 15 is 0 Å². The molecule has 1 atom stereocenters. The lowest BCUT2D eigenvalue weighted by Crippen LogP contribution is -2.40. The molecule has 0 radical (unpaired) electrons. The number of ether oxygens (including phenoxy) is 1. The zero-order valence-corrected chi connectivity index (χ0v) is 20.7. The molecule has 0 amide bonds. The van der Waals surface area contributed by atoms with Crippen molar-refractivity contribution in [2.24, 2.45) is 14.1 Å². The predicted molar refractivity (Wildman–Crippen MR) is 136 cm³/mol. The fourth-order valence-electron chi connectivity index (χ4n) is 5.24. The second-order valence-corrected chi connectivity index (χ2v) is 9.97. The molecular weight excluding hydrogens is 426 g/mol. The van der Waals surface area contributed by atoms with Crippen molar-refractivity contribution in [1.82, 2.24) is 13.7 Å². The van der Waals surface area contributed by atoms with E-state index in [1.807, 2.05) is 25.1 Å². The maximum Gasteiger partial charge on any atom is 0.331 e. The van der Waals surface area contributed by atoms with E-state index in [1.54, 1.807) is 18.7 Å². The maximum absolute atomic E-state index is 13.6. The van der Waals surface area contributed by atoms with E-state index in [2.05, 4.69) is 55.7 Å². The highest BCUT2D eigenvalue weighted by atomic mass is 16.5. The number of benzene rings is 2. The van der Waals surface area contributed by atoms with Crippen molar-refractivity contribution in [2.45, 2.75) is 45.8 Å². The minimum absolute atomic E-state index is 0.285. The lowest BCUT2D eigenvalue weighted by atomic mass is 9.97. The van der Waals surface area contributed by atoms with Crippen molar-refractivity contribution in [2.75, 3.05) is 6.61 Å². The normalized spacial score (nSPS) is 17.2. The van der Waals surface area contributed by atoms with Gasteiger partial charge >= 0.3 is 5.69 Å². The standard InChI is InChI=1S/C28H31N3O3/c1-7-18-11-13-19(14-12-18)25-24-23-21(26(32)30(6)27(33)29(23)5)22(20-10-8-9-17(2)15-20)31(24)28(3,4)16-34-25/h8-15,25H,7,16H2,1-6H3. The molecule has 0 saturated carbocycles. The van der Waals surface area contributed by atoms with Gasteiger partial charge in [-0.15, -0.1) is 0 Å². The van der Waals surface area contributed by atoms with Crippen LogP contribution in [-0.2, 0) is 30.8 Å². The first-order chi connectivity index (χ1) is 16.2. The molecule has 3 heterocycles. The molecule has 6 heteroatoms. The van der Waals surface area contributed by atoms with Gasteiger partial charge in [-0.25, -0.2) is 4.79 Å². The van der Waals surface area contributed by atoms with Gasteiger partial charge < -0.3 is 9.30 Å². The second kappa shape index (κ2) is 7.84. The van der Waals surface area contributed by atoms with Crippen LogP contribution in [0, 0.1) is 6.92 Å². The Kier molecular flexibility index (Phi) is 5.17. The Bertz CT molecular complexity index is 1530. The van der Waals surface area contributed by atoms with Gasteiger partial charge in [0.05, 0.1) is 34.4 Å². The van der Waals surface area contributed by atoms with Crippen molar-refractivity contribution in [3.63, 3.8) is 0 Å². The Morgan fingerprint density at radius 3 is 2.38 bits per heavy atom. The van der Waals surface area contributed by atoms with Gasteiger partial charge in [0.25, 0.3) is 5.56 Å². The molecule has 2 aromatic carbocycles. The van der Waals surface area contributed by atoms with Crippen LogP contribution in [-0.4, -0.2) is 20.3 Å². The van der Waals surface area contributed by atoms with Crippen LogP contribution < -0.4 is 11.2 Å². The quantitative estimate of drug-likeness (QED) is 0.457. The Morgan fingerprint density at radius 2 is 1.74 bits per heavy atom. The van der Waals surface area contributed by atoms with Crippen LogP contribution in [0.1, 0.15) is 49.3 Å². The number of aromatic nitrogens is 3. The lowest BCUT2D eigenvalue weighted by molar-refractivity contribution is -0.00707. The summed E-state index contributed by atoms with van der Waals surface area (Å²) in [4.78, 5) is 26.7. The highest BCUT2D eigenvalue weighted by molar-refractivity contribution is 5.97. The molecule has 0 fully saturated rings. The summed E-state index contributed by atoms with van der Waals surface area (Å²) in [6.45, 7) is 8.90. The van der Waals surface area contributed by atoms with Crippen molar-refractivity contribution < 1.29 is 4.74 Å². The van der Waals surface area contributed by atoms with Crippen LogP contribution >= 0.6 is 0 Å². The smallest absolute Gasteiger partial charge is 0.331 e. The number of hydrogen-bond acceptors (Lipinski definition) is 3. The second-order valence-electron chi connectivity index (χ2n) is 9.97. The minimum Gasteiger partial charge on any atom is -0.365 e. The summed E-state index contributed by atoms with van der Waals surface area (Å²) >= 11 is 0. The highest BCUT2D eigenvalue weighted by Crippen LogP contribution is 2.45. The molecule has 0 aliphatic carbocycles. The third kappa shape index (κ3) is 3.20. The van der Waals surface area contributed by atoms with Gasteiger partial charge in [0.15, 0.2) is 0 Å². The van der Waals surface area contributed by atoms with E-state index in [1.165, 1.54) is 10.1 Å². The first-order valence-corrected chi connectivity index (χ1v) is 11.8. The zero-order chi connectivity index (χ0) is 24.4. The van der Waals surface area contributed by atoms with E-state index in [4.69, 9.17) is 4.74 Å². The first-order valence-electron chi connectivity index (χ1n) is 11.8. The predicted octanol–water partition coefficient (Wildman–Crippen LogP) is 4.43. The van der Waals surface area contributed by atoms with Crippen LogP contribution in [0.5, 0.6) is 0 Å². The Labute approximate surface area is 199 Å². The molecule has 2 aromatic heterocycles. The number of rotatable bonds is 3. The number of aryl methyl sites for hydroxylation is 3. The number of hydrogen-bond donors (Lipinski definition) is 0. The molecule has 0 bridgehead atoms.